The van der Waals surface area contributed by atoms with Crippen LogP contribution in [0.5, 0.6) is 0 Å². The van der Waals surface area contributed by atoms with Gasteiger partial charge in [0.25, 0.3) is 0 Å². The highest BCUT2D eigenvalue weighted by molar-refractivity contribution is 6.08. The SMILES string of the molecule is CC1=C2C3=C(CC[C@]45C(=O)O[C@H]6C(O[C@@H]2[C@H]6[C@@]34O)C5C)[C@H]2C(=O)[C@@H]1[C@H]1C(=O)[C@@H]2C2=C3C(=C1C)[C@@H]1OC4C(C)[C@@]5(CC2)C(=O)O[C@@H]4[C@@H]1[C@@]35O. The molecule has 6 heterocycles. The second-order valence-electron chi connectivity index (χ2n) is 17.6. The Morgan fingerprint density at radius 3 is 1.40 bits per heavy atom. The zero-order valence-electron chi connectivity index (χ0n) is 27.1. The fourth-order valence-corrected chi connectivity index (χ4v) is 15.7. The van der Waals surface area contributed by atoms with Crippen molar-refractivity contribution in [2.24, 2.45) is 58.2 Å². The number of allylic oxidation sites excluding steroid dienone is 4. The van der Waals surface area contributed by atoms with Gasteiger partial charge in [0.15, 0.2) is 0 Å². The van der Waals surface area contributed by atoms with Crippen LogP contribution in [0, 0.1) is 58.2 Å². The molecule has 6 saturated heterocycles. The first-order chi connectivity index (χ1) is 22.9. The molecule has 2 N–H and O–H groups in total. The lowest BCUT2D eigenvalue weighted by Gasteiger charge is -2.62. The highest BCUT2D eigenvalue weighted by atomic mass is 16.6. The van der Waals surface area contributed by atoms with Gasteiger partial charge in [0.1, 0.15) is 45.8 Å². The van der Waals surface area contributed by atoms with E-state index in [0.717, 1.165) is 33.4 Å². The molecule has 6 aliphatic heterocycles. The maximum absolute atomic E-state index is 15.2. The summed E-state index contributed by atoms with van der Waals surface area (Å²) in [7, 11) is 0. The van der Waals surface area contributed by atoms with Crippen LogP contribution >= 0.6 is 0 Å². The average Bonchev–Trinajstić information content (AvgIpc) is 3.70. The first-order valence-corrected chi connectivity index (χ1v) is 18.0. The van der Waals surface area contributed by atoms with E-state index in [1.165, 1.54) is 0 Å². The average molecular weight is 653 g/mol. The summed E-state index contributed by atoms with van der Waals surface area (Å²) in [5.41, 5.74) is 0.446. The van der Waals surface area contributed by atoms with Crippen LogP contribution < -0.4 is 0 Å². The number of aliphatic hydroxyl groups is 2. The van der Waals surface area contributed by atoms with Gasteiger partial charge in [-0.05, 0) is 61.8 Å². The lowest BCUT2D eigenvalue weighted by atomic mass is 9.45. The number of carbonyl (C=O) groups is 4. The molecule has 10 heteroatoms. The van der Waals surface area contributed by atoms with Gasteiger partial charge >= 0.3 is 11.9 Å². The number of rotatable bonds is 0. The van der Waals surface area contributed by atoms with Gasteiger partial charge in [-0.25, -0.2) is 0 Å². The van der Waals surface area contributed by atoms with Crippen LogP contribution in [-0.4, -0.2) is 81.5 Å². The Kier molecular flexibility index (Phi) is 4.00. The van der Waals surface area contributed by atoms with E-state index in [4.69, 9.17) is 18.9 Å². The first kappa shape index (κ1) is 26.9. The van der Waals surface area contributed by atoms with Crippen molar-refractivity contribution in [1.82, 2.24) is 0 Å². The summed E-state index contributed by atoms with van der Waals surface area (Å²) in [6.45, 7) is 7.83. The summed E-state index contributed by atoms with van der Waals surface area (Å²) in [5.74, 6) is -5.50. The summed E-state index contributed by atoms with van der Waals surface area (Å²) in [4.78, 5) is 58.2. The van der Waals surface area contributed by atoms with Crippen LogP contribution in [0.15, 0.2) is 44.6 Å². The fourth-order valence-electron chi connectivity index (χ4n) is 15.7. The zero-order valence-corrected chi connectivity index (χ0v) is 27.1. The molecule has 5 saturated carbocycles. The second-order valence-corrected chi connectivity index (χ2v) is 17.6. The van der Waals surface area contributed by atoms with Crippen molar-refractivity contribution in [3.63, 3.8) is 0 Å². The normalized spacial score (nSPS) is 60.7. The number of Topliss-reactive ketones (excluding diaryl/α,β-unsaturated/α-hetero) is 2. The highest BCUT2D eigenvalue weighted by Crippen LogP contribution is 2.78. The highest BCUT2D eigenvalue weighted by Gasteiger charge is 2.87. The van der Waals surface area contributed by atoms with E-state index in [1.54, 1.807) is 0 Å². The van der Waals surface area contributed by atoms with Crippen LogP contribution in [0.3, 0.4) is 0 Å². The smallest absolute Gasteiger partial charge is 0.316 e. The number of fused-ring (bicyclic) bond motifs is 12. The molecule has 18 atom stereocenters. The molecule has 0 amide bonds. The molecule has 11 fully saturated rings. The van der Waals surface area contributed by atoms with Crippen LogP contribution in [0.25, 0.3) is 0 Å². The van der Waals surface area contributed by atoms with Gasteiger partial charge in [-0.3, -0.25) is 19.2 Å². The molecule has 10 nitrogen and oxygen atoms in total. The molecule has 15 aliphatic rings. The molecule has 0 aromatic carbocycles. The maximum Gasteiger partial charge on any atom is 0.316 e. The minimum atomic E-state index is -1.56. The van der Waals surface area contributed by atoms with Crippen molar-refractivity contribution in [2.45, 2.75) is 101 Å². The van der Waals surface area contributed by atoms with Crippen LogP contribution in [0.4, 0.5) is 0 Å². The lowest BCUT2D eigenvalue weighted by molar-refractivity contribution is -0.259. The van der Waals surface area contributed by atoms with Gasteiger partial charge in [0.2, 0.25) is 0 Å². The molecule has 9 aliphatic carbocycles. The van der Waals surface area contributed by atoms with Gasteiger partial charge in [0, 0.05) is 11.8 Å². The van der Waals surface area contributed by atoms with E-state index in [-0.39, 0.29) is 47.5 Å². The third-order valence-corrected chi connectivity index (χ3v) is 17.2. The van der Waals surface area contributed by atoms with E-state index < -0.39 is 82.0 Å². The Morgan fingerprint density at radius 2 is 1.00 bits per heavy atom. The lowest BCUT2D eigenvalue weighted by Crippen LogP contribution is -2.75. The van der Waals surface area contributed by atoms with Gasteiger partial charge in [-0.1, -0.05) is 36.1 Å². The number of hydrogen-bond acceptors (Lipinski definition) is 10. The minimum absolute atomic E-state index is 0.0290. The third kappa shape index (κ3) is 2.00. The molecule has 0 aromatic heterocycles. The third-order valence-electron chi connectivity index (χ3n) is 17.2. The van der Waals surface area contributed by atoms with Gasteiger partial charge in [-0.15, -0.1) is 0 Å². The van der Waals surface area contributed by atoms with Crippen LogP contribution in [-0.2, 0) is 38.1 Å². The first-order valence-electron chi connectivity index (χ1n) is 18.0. The molecule has 0 aromatic rings. The summed E-state index contributed by atoms with van der Waals surface area (Å²) in [6, 6.07) is 0. The summed E-state index contributed by atoms with van der Waals surface area (Å²) in [6.07, 6.45) is -1.44. The zero-order chi connectivity index (χ0) is 32.7. The molecular formula is C38H36O10. The van der Waals surface area contributed by atoms with E-state index in [0.29, 0.717) is 36.8 Å². The largest absolute Gasteiger partial charge is 0.459 e. The summed E-state index contributed by atoms with van der Waals surface area (Å²) in [5, 5.41) is 26.5. The van der Waals surface area contributed by atoms with E-state index in [1.807, 2.05) is 27.7 Å². The van der Waals surface area contributed by atoms with Gasteiger partial charge < -0.3 is 29.2 Å². The Balaban J connectivity index is 1.13. The number of hydrogen-bond donors (Lipinski definition) is 2. The Bertz CT molecular complexity index is 1880. The van der Waals surface area contributed by atoms with Gasteiger partial charge in [-0.2, -0.15) is 0 Å². The fraction of sp³-hybridized carbons (Fsp3) is 0.684. The number of carbonyl (C=O) groups excluding carboxylic acids is 4. The monoisotopic (exact) mass is 652 g/mol. The van der Waals surface area contributed by atoms with E-state index >= 15 is 9.59 Å². The second kappa shape index (κ2) is 7.13. The van der Waals surface area contributed by atoms with Crippen LogP contribution in [0.1, 0.15) is 53.4 Å². The van der Waals surface area contributed by atoms with Crippen molar-refractivity contribution in [2.75, 3.05) is 0 Å². The van der Waals surface area contributed by atoms with Crippen molar-refractivity contribution >= 4 is 23.5 Å². The molecule has 12 bridgehead atoms. The minimum Gasteiger partial charge on any atom is -0.459 e. The molecule has 4 unspecified atom stereocenters. The Morgan fingerprint density at radius 1 is 0.604 bits per heavy atom. The Labute approximate surface area is 275 Å². The van der Waals surface area contributed by atoms with Crippen molar-refractivity contribution in [3.8, 4) is 0 Å². The maximum atomic E-state index is 15.2. The summed E-state index contributed by atoms with van der Waals surface area (Å²) < 4.78 is 25.7. The standard InChI is InChI=1S/C38H36O10/c1-9-15-16-10(2)18-22-14(6-8-36-12(4)28-32(48-34(36)42)24(30(18)46-28)38(22,36)44)20(26(16)40)19(25(15)39)13-5-7-35-11(3)27-31(47-33(35)41)23-29(45-27)17(9)21(13)37(23,35)43/h11-12,15-16,19-20,23-24,27-32,43-44H,5-8H2,1-4H3/t11?,12?,15-,16-,19+,20+,23+,24+,27?,28?,29-,30-,31+,32+,35-,36-,37-,38-/m0/s1. The number of ketones is 2. The number of esters is 2. The van der Waals surface area contributed by atoms with E-state index in [2.05, 4.69) is 0 Å². The quantitative estimate of drug-likeness (QED) is 0.372. The molecule has 2 spiro atoms. The molecule has 248 valence electrons. The topological polar surface area (TPSA) is 146 Å². The molecular weight excluding hydrogens is 616 g/mol. The number of ether oxygens (including phenoxy) is 4. The van der Waals surface area contributed by atoms with Crippen LogP contribution in [0.2, 0.25) is 0 Å². The predicted octanol–water partition coefficient (Wildman–Crippen LogP) is 1.82. The molecule has 0 radical (unpaired) electrons. The van der Waals surface area contributed by atoms with Crippen molar-refractivity contribution < 1.29 is 48.3 Å². The summed E-state index contributed by atoms with van der Waals surface area (Å²) >= 11 is 0. The molecule has 48 heavy (non-hydrogen) atoms. The van der Waals surface area contributed by atoms with Crippen molar-refractivity contribution in [3.05, 3.63) is 44.6 Å². The van der Waals surface area contributed by atoms with Crippen molar-refractivity contribution in [1.29, 1.82) is 0 Å². The predicted molar refractivity (Wildman–Crippen MR) is 159 cm³/mol. The Hall–Kier alpha value is -2.92. The van der Waals surface area contributed by atoms with E-state index in [9.17, 15) is 19.8 Å². The molecule has 15 rings (SSSR count). The van der Waals surface area contributed by atoms with Gasteiger partial charge in [0.05, 0.1) is 59.9 Å².